The molecule has 0 heterocycles. The van der Waals surface area contributed by atoms with E-state index in [9.17, 15) is 4.79 Å². The van der Waals surface area contributed by atoms with Gasteiger partial charge in [-0.3, -0.25) is 4.79 Å². The molecule has 2 nitrogen and oxygen atoms in total. The van der Waals surface area contributed by atoms with E-state index in [4.69, 9.17) is 5.11 Å². The highest BCUT2D eigenvalue weighted by molar-refractivity contribution is 5.68. The standard InChI is InChI=1S/C18H26O2/c1-18(2,13-17(19)20)16-11-9-15(10-12-16)14-7-5-3-4-6-8-14/h9-12,14H,3-8,13H2,1-2H3,(H,19,20). The lowest BCUT2D eigenvalue weighted by molar-refractivity contribution is -0.138. The molecule has 110 valence electrons. The first-order valence-corrected chi connectivity index (χ1v) is 7.81. The molecule has 1 aromatic carbocycles. The van der Waals surface area contributed by atoms with Crippen molar-refractivity contribution in [3.05, 3.63) is 35.4 Å². The minimum Gasteiger partial charge on any atom is -0.481 e. The van der Waals surface area contributed by atoms with Crippen molar-refractivity contribution in [2.75, 3.05) is 0 Å². The molecule has 0 unspecified atom stereocenters. The zero-order valence-electron chi connectivity index (χ0n) is 12.7. The fourth-order valence-corrected chi connectivity index (χ4v) is 3.30. The van der Waals surface area contributed by atoms with Crippen molar-refractivity contribution in [2.24, 2.45) is 0 Å². The van der Waals surface area contributed by atoms with Gasteiger partial charge < -0.3 is 5.11 Å². The molecule has 0 saturated heterocycles. The van der Waals surface area contributed by atoms with E-state index in [0.29, 0.717) is 5.92 Å². The van der Waals surface area contributed by atoms with E-state index in [0.717, 1.165) is 5.56 Å². The van der Waals surface area contributed by atoms with E-state index in [1.54, 1.807) is 0 Å². The molecule has 0 radical (unpaired) electrons. The number of aliphatic carboxylic acids is 1. The van der Waals surface area contributed by atoms with Crippen molar-refractivity contribution < 1.29 is 9.90 Å². The molecule has 0 aliphatic heterocycles. The van der Waals surface area contributed by atoms with Crippen LogP contribution < -0.4 is 0 Å². The van der Waals surface area contributed by atoms with Crippen LogP contribution in [-0.4, -0.2) is 11.1 Å². The second kappa shape index (κ2) is 6.43. The number of hydrogen-bond donors (Lipinski definition) is 1. The fourth-order valence-electron chi connectivity index (χ4n) is 3.30. The predicted molar refractivity (Wildman–Crippen MR) is 82.2 cm³/mol. The van der Waals surface area contributed by atoms with E-state index in [2.05, 4.69) is 24.3 Å². The first kappa shape index (κ1) is 15.1. The molecule has 0 spiro atoms. The number of carboxylic acids is 1. The lowest BCUT2D eigenvalue weighted by Crippen LogP contribution is -2.21. The molecule has 1 aliphatic rings. The first-order chi connectivity index (χ1) is 9.49. The van der Waals surface area contributed by atoms with Crippen LogP contribution in [0.15, 0.2) is 24.3 Å². The van der Waals surface area contributed by atoms with Gasteiger partial charge in [-0.25, -0.2) is 0 Å². The molecule has 1 saturated carbocycles. The molecule has 0 amide bonds. The van der Waals surface area contributed by atoms with E-state index in [1.807, 2.05) is 13.8 Å². The SMILES string of the molecule is CC(C)(CC(=O)O)c1ccc(C2CCCCCC2)cc1. The summed E-state index contributed by atoms with van der Waals surface area (Å²) in [6, 6.07) is 8.69. The molecule has 0 atom stereocenters. The third-order valence-electron chi connectivity index (χ3n) is 4.61. The van der Waals surface area contributed by atoms with E-state index < -0.39 is 5.97 Å². The van der Waals surface area contributed by atoms with Crippen LogP contribution in [0.3, 0.4) is 0 Å². The van der Waals surface area contributed by atoms with Gasteiger partial charge >= 0.3 is 5.97 Å². The Morgan fingerprint density at radius 1 is 1.10 bits per heavy atom. The van der Waals surface area contributed by atoms with Crippen molar-refractivity contribution in [1.82, 2.24) is 0 Å². The lowest BCUT2D eigenvalue weighted by atomic mass is 9.80. The van der Waals surface area contributed by atoms with Crippen molar-refractivity contribution in [1.29, 1.82) is 0 Å². The summed E-state index contributed by atoms with van der Waals surface area (Å²) in [6.45, 7) is 4.00. The molecule has 1 fully saturated rings. The minimum absolute atomic E-state index is 0.176. The second-order valence-electron chi connectivity index (χ2n) is 6.76. The Bertz CT molecular complexity index is 437. The Morgan fingerprint density at radius 3 is 2.15 bits per heavy atom. The molecular formula is C18H26O2. The molecule has 1 aliphatic carbocycles. The monoisotopic (exact) mass is 274 g/mol. The number of rotatable bonds is 4. The molecule has 0 aromatic heterocycles. The summed E-state index contributed by atoms with van der Waals surface area (Å²) in [5.41, 5.74) is 2.26. The maximum atomic E-state index is 10.9. The average Bonchev–Trinajstić information content (AvgIpc) is 2.66. The van der Waals surface area contributed by atoms with Gasteiger partial charge in [0, 0.05) is 5.41 Å². The Balaban J connectivity index is 2.10. The van der Waals surface area contributed by atoms with Crippen LogP contribution in [0.4, 0.5) is 0 Å². The van der Waals surface area contributed by atoms with Gasteiger partial charge in [0.25, 0.3) is 0 Å². The van der Waals surface area contributed by atoms with Crippen molar-refractivity contribution in [2.45, 2.75) is 70.1 Å². The average molecular weight is 274 g/mol. The van der Waals surface area contributed by atoms with Crippen molar-refractivity contribution >= 4 is 5.97 Å². The number of hydrogen-bond acceptors (Lipinski definition) is 1. The third-order valence-corrected chi connectivity index (χ3v) is 4.61. The number of benzene rings is 1. The van der Waals surface area contributed by atoms with E-state index in [1.165, 1.54) is 44.1 Å². The Kier molecular flexibility index (Phi) is 4.85. The van der Waals surface area contributed by atoms with Gasteiger partial charge in [0.15, 0.2) is 0 Å². The summed E-state index contributed by atoms with van der Waals surface area (Å²) in [7, 11) is 0. The molecule has 2 heteroatoms. The largest absolute Gasteiger partial charge is 0.481 e. The van der Waals surface area contributed by atoms with Gasteiger partial charge in [-0.1, -0.05) is 63.8 Å². The summed E-state index contributed by atoms with van der Waals surface area (Å²) in [6.07, 6.45) is 8.22. The zero-order chi connectivity index (χ0) is 14.6. The predicted octanol–water partition coefficient (Wildman–Crippen LogP) is 4.88. The quantitative estimate of drug-likeness (QED) is 0.795. The highest BCUT2D eigenvalue weighted by atomic mass is 16.4. The van der Waals surface area contributed by atoms with E-state index in [-0.39, 0.29) is 11.8 Å². The zero-order valence-corrected chi connectivity index (χ0v) is 12.7. The van der Waals surface area contributed by atoms with Crippen LogP contribution in [0.5, 0.6) is 0 Å². The summed E-state index contributed by atoms with van der Waals surface area (Å²) in [5.74, 6) is -0.0306. The maximum Gasteiger partial charge on any atom is 0.304 e. The van der Waals surface area contributed by atoms with Crippen LogP contribution in [0.1, 0.15) is 75.8 Å². The van der Waals surface area contributed by atoms with Crippen LogP contribution in [0, 0.1) is 0 Å². The summed E-state index contributed by atoms with van der Waals surface area (Å²) in [5, 5.41) is 9.00. The van der Waals surface area contributed by atoms with Crippen LogP contribution in [-0.2, 0) is 10.2 Å². The van der Waals surface area contributed by atoms with Crippen molar-refractivity contribution in [3.8, 4) is 0 Å². The first-order valence-electron chi connectivity index (χ1n) is 7.81. The highest BCUT2D eigenvalue weighted by Crippen LogP contribution is 2.33. The fraction of sp³-hybridized carbons (Fsp3) is 0.611. The second-order valence-corrected chi connectivity index (χ2v) is 6.76. The van der Waals surface area contributed by atoms with Crippen LogP contribution in [0.2, 0.25) is 0 Å². The molecular weight excluding hydrogens is 248 g/mol. The molecule has 2 rings (SSSR count). The van der Waals surface area contributed by atoms with Crippen LogP contribution in [0.25, 0.3) is 0 Å². The van der Waals surface area contributed by atoms with Crippen LogP contribution >= 0.6 is 0 Å². The normalized spacial score (nSPS) is 17.7. The van der Waals surface area contributed by atoms with Crippen molar-refractivity contribution in [3.63, 3.8) is 0 Å². The van der Waals surface area contributed by atoms with Gasteiger partial charge in [-0.05, 0) is 29.9 Å². The van der Waals surface area contributed by atoms with Gasteiger partial charge in [0.05, 0.1) is 6.42 Å². The van der Waals surface area contributed by atoms with Gasteiger partial charge in [-0.15, -0.1) is 0 Å². The number of carboxylic acid groups (broad SMARTS) is 1. The molecule has 20 heavy (non-hydrogen) atoms. The maximum absolute atomic E-state index is 10.9. The highest BCUT2D eigenvalue weighted by Gasteiger charge is 2.24. The third kappa shape index (κ3) is 3.84. The van der Waals surface area contributed by atoms with Gasteiger partial charge in [-0.2, -0.15) is 0 Å². The molecule has 1 aromatic rings. The molecule has 1 N–H and O–H groups in total. The Labute approximate surface area is 122 Å². The smallest absolute Gasteiger partial charge is 0.304 e. The minimum atomic E-state index is -0.733. The van der Waals surface area contributed by atoms with E-state index >= 15 is 0 Å². The summed E-state index contributed by atoms with van der Waals surface area (Å²) < 4.78 is 0. The topological polar surface area (TPSA) is 37.3 Å². The summed E-state index contributed by atoms with van der Waals surface area (Å²) in [4.78, 5) is 10.9. The summed E-state index contributed by atoms with van der Waals surface area (Å²) >= 11 is 0. The molecule has 0 bridgehead atoms. The van der Waals surface area contributed by atoms with Gasteiger partial charge in [0.1, 0.15) is 0 Å². The lowest BCUT2D eigenvalue weighted by Gasteiger charge is -2.24. The Morgan fingerprint density at radius 2 is 1.65 bits per heavy atom. The number of carbonyl (C=O) groups is 1. The Hall–Kier alpha value is -1.31. The van der Waals surface area contributed by atoms with Gasteiger partial charge in [0.2, 0.25) is 0 Å².